The van der Waals surface area contributed by atoms with Crippen LogP contribution < -0.4 is 14.2 Å². The van der Waals surface area contributed by atoms with Gasteiger partial charge in [0.15, 0.2) is 11.4 Å². The van der Waals surface area contributed by atoms with Crippen molar-refractivity contribution >= 4 is 28.7 Å². The lowest BCUT2D eigenvalue weighted by Gasteiger charge is -2.11. The van der Waals surface area contributed by atoms with Gasteiger partial charge in [-0.25, -0.2) is 0 Å². The molecule has 154 valence electrons. The summed E-state index contributed by atoms with van der Waals surface area (Å²) >= 11 is 1.46. The summed E-state index contributed by atoms with van der Waals surface area (Å²) in [4.78, 5) is 1.00. The van der Waals surface area contributed by atoms with E-state index in [1.54, 1.807) is 13.3 Å². The number of anilines is 1. The van der Waals surface area contributed by atoms with Gasteiger partial charge in [0.25, 0.3) is 0 Å². The number of aromatic nitrogens is 3. The van der Waals surface area contributed by atoms with E-state index in [9.17, 15) is 0 Å². The first kappa shape index (κ1) is 18.9. The molecule has 0 radical (unpaired) electrons. The molecule has 3 heterocycles. The molecule has 0 bridgehead atoms. The summed E-state index contributed by atoms with van der Waals surface area (Å²) in [5, 5.41) is 9.47. The Hall–Kier alpha value is -3.13. The molecule has 2 aromatic carbocycles. The van der Waals surface area contributed by atoms with E-state index < -0.39 is 0 Å². The number of ether oxygens (including phenoxy) is 2. The molecule has 0 unspecified atom stereocenters. The SMILES string of the molecule is CCc1ccc(OC)c(SNc2noc3cc(Cn4cccn4)c4c(c23)OCC4)c1. The van der Waals surface area contributed by atoms with Crippen LogP contribution in [0.1, 0.15) is 23.6 Å². The second-order valence-corrected chi connectivity index (χ2v) is 7.94. The Morgan fingerprint density at radius 3 is 3.03 bits per heavy atom. The van der Waals surface area contributed by atoms with Gasteiger partial charge in [-0.1, -0.05) is 18.1 Å². The van der Waals surface area contributed by atoms with Gasteiger partial charge < -0.3 is 18.7 Å². The van der Waals surface area contributed by atoms with Gasteiger partial charge in [0.05, 0.1) is 25.2 Å². The van der Waals surface area contributed by atoms with Crippen LogP contribution in [0.15, 0.2) is 52.1 Å². The average Bonchev–Trinajstić information content (AvgIpc) is 3.52. The molecule has 8 heteroatoms. The summed E-state index contributed by atoms with van der Waals surface area (Å²) in [6.07, 6.45) is 5.57. The Labute approximate surface area is 178 Å². The summed E-state index contributed by atoms with van der Waals surface area (Å²) < 4.78 is 22.4. The average molecular weight is 423 g/mol. The number of fused-ring (bicyclic) bond motifs is 3. The fourth-order valence-electron chi connectivity index (χ4n) is 3.75. The van der Waals surface area contributed by atoms with Crippen LogP contribution in [-0.2, 0) is 19.4 Å². The first-order chi connectivity index (χ1) is 14.8. The van der Waals surface area contributed by atoms with Crippen molar-refractivity contribution in [3.05, 3.63) is 59.4 Å². The topological polar surface area (TPSA) is 74.3 Å². The number of hydrogen-bond donors (Lipinski definition) is 1. The van der Waals surface area contributed by atoms with Gasteiger partial charge >= 0.3 is 0 Å². The third kappa shape index (κ3) is 3.37. The highest BCUT2D eigenvalue weighted by Crippen LogP contribution is 2.42. The monoisotopic (exact) mass is 422 g/mol. The number of nitrogens with zero attached hydrogens (tertiary/aromatic N) is 3. The quantitative estimate of drug-likeness (QED) is 0.433. The molecule has 0 fully saturated rings. The Morgan fingerprint density at radius 2 is 2.23 bits per heavy atom. The number of benzene rings is 2. The van der Waals surface area contributed by atoms with Crippen LogP contribution in [-0.4, -0.2) is 28.7 Å². The Bertz CT molecular complexity index is 1190. The van der Waals surface area contributed by atoms with Crippen molar-refractivity contribution < 1.29 is 14.0 Å². The zero-order chi connectivity index (χ0) is 20.5. The third-order valence-electron chi connectivity index (χ3n) is 5.30. The van der Waals surface area contributed by atoms with Crippen LogP contribution in [0, 0.1) is 0 Å². The van der Waals surface area contributed by atoms with Crippen molar-refractivity contribution in [2.75, 3.05) is 18.4 Å². The second kappa shape index (κ2) is 7.95. The lowest BCUT2D eigenvalue weighted by atomic mass is 10.0. The fourth-order valence-corrected chi connectivity index (χ4v) is 4.56. The zero-order valence-corrected chi connectivity index (χ0v) is 17.7. The molecule has 0 atom stereocenters. The molecular formula is C22H22N4O3S. The molecule has 0 amide bonds. The van der Waals surface area contributed by atoms with Crippen molar-refractivity contribution in [1.29, 1.82) is 0 Å². The maximum Gasteiger partial charge on any atom is 0.191 e. The predicted molar refractivity (Wildman–Crippen MR) is 116 cm³/mol. The van der Waals surface area contributed by atoms with Crippen molar-refractivity contribution in [2.24, 2.45) is 0 Å². The molecule has 0 aliphatic carbocycles. The van der Waals surface area contributed by atoms with Crippen LogP contribution in [0.3, 0.4) is 0 Å². The van der Waals surface area contributed by atoms with Crippen molar-refractivity contribution in [1.82, 2.24) is 14.9 Å². The minimum Gasteiger partial charge on any atom is -0.496 e. The molecule has 0 saturated carbocycles. The maximum atomic E-state index is 6.00. The highest BCUT2D eigenvalue weighted by molar-refractivity contribution is 8.00. The molecule has 1 N–H and O–H groups in total. The third-order valence-corrected chi connectivity index (χ3v) is 6.13. The van der Waals surface area contributed by atoms with E-state index in [1.165, 1.54) is 23.1 Å². The van der Waals surface area contributed by atoms with Crippen LogP contribution in [0.5, 0.6) is 11.5 Å². The summed E-state index contributed by atoms with van der Waals surface area (Å²) in [5.41, 5.74) is 4.29. The van der Waals surface area contributed by atoms with Gasteiger partial charge in [-0.3, -0.25) is 4.68 Å². The standard InChI is InChI=1S/C22H22N4O3S/c1-3-14-5-6-17(27-2)19(11-14)30-25-22-20-18(29-24-22)12-15(13-26-9-4-8-23-26)16-7-10-28-21(16)20/h4-6,8-9,11-12H,3,7,10,13H2,1-2H3,(H,24,25). The Kier molecular flexibility index (Phi) is 5.00. The van der Waals surface area contributed by atoms with Gasteiger partial charge in [-0.05, 0) is 53.8 Å². The van der Waals surface area contributed by atoms with Crippen molar-refractivity contribution in [3.8, 4) is 11.5 Å². The Balaban J connectivity index is 1.47. The predicted octanol–water partition coefficient (Wildman–Crippen LogP) is 4.70. The van der Waals surface area contributed by atoms with E-state index in [1.807, 2.05) is 29.1 Å². The van der Waals surface area contributed by atoms with E-state index in [4.69, 9.17) is 14.0 Å². The first-order valence-electron chi connectivity index (χ1n) is 9.91. The van der Waals surface area contributed by atoms with Gasteiger partial charge in [-0.15, -0.1) is 0 Å². The molecule has 0 spiro atoms. The summed E-state index contributed by atoms with van der Waals surface area (Å²) in [6, 6.07) is 10.2. The molecular weight excluding hydrogens is 400 g/mol. The largest absolute Gasteiger partial charge is 0.496 e. The van der Waals surface area contributed by atoms with E-state index in [2.05, 4.69) is 34.0 Å². The van der Waals surface area contributed by atoms with Crippen LogP contribution in [0.25, 0.3) is 11.0 Å². The molecule has 4 aromatic rings. The minimum absolute atomic E-state index is 0.655. The molecule has 5 rings (SSSR count). The summed E-state index contributed by atoms with van der Waals surface area (Å²) in [7, 11) is 1.68. The van der Waals surface area contributed by atoms with Gasteiger partial charge in [0.2, 0.25) is 0 Å². The van der Waals surface area contributed by atoms with Gasteiger partial charge in [0, 0.05) is 24.4 Å². The van der Waals surface area contributed by atoms with Gasteiger partial charge in [-0.2, -0.15) is 5.10 Å². The van der Waals surface area contributed by atoms with E-state index in [0.717, 1.165) is 40.2 Å². The molecule has 30 heavy (non-hydrogen) atoms. The molecule has 7 nitrogen and oxygen atoms in total. The molecule has 0 saturated heterocycles. The normalized spacial score (nSPS) is 12.7. The molecule has 2 aromatic heterocycles. The van der Waals surface area contributed by atoms with Crippen molar-refractivity contribution in [2.45, 2.75) is 31.2 Å². The van der Waals surface area contributed by atoms with Crippen LogP contribution in [0.4, 0.5) is 5.82 Å². The van der Waals surface area contributed by atoms with Crippen LogP contribution in [0.2, 0.25) is 0 Å². The number of hydrogen-bond acceptors (Lipinski definition) is 7. The lowest BCUT2D eigenvalue weighted by molar-refractivity contribution is 0.360. The number of methoxy groups -OCH3 is 1. The van der Waals surface area contributed by atoms with E-state index in [0.29, 0.717) is 24.6 Å². The maximum absolute atomic E-state index is 6.00. The highest BCUT2D eigenvalue weighted by Gasteiger charge is 2.25. The number of nitrogens with one attached hydrogen (secondary N) is 1. The van der Waals surface area contributed by atoms with Crippen LogP contribution >= 0.6 is 11.9 Å². The Morgan fingerprint density at radius 1 is 1.30 bits per heavy atom. The van der Waals surface area contributed by atoms with E-state index >= 15 is 0 Å². The van der Waals surface area contributed by atoms with Crippen molar-refractivity contribution in [3.63, 3.8) is 0 Å². The van der Waals surface area contributed by atoms with E-state index in [-0.39, 0.29) is 0 Å². The summed E-state index contributed by atoms with van der Waals surface area (Å²) in [5.74, 6) is 2.33. The second-order valence-electron chi connectivity index (χ2n) is 7.09. The van der Waals surface area contributed by atoms with Gasteiger partial charge in [0.1, 0.15) is 16.9 Å². The smallest absolute Gasteiger partial charge is 0.191 e. The molecule has 1 aliphatic rings. The zero-order valence-electron chi connectivity index (χ0n) is 16.8. The number of rotatable bonds is 7. The molecule has 1 aliphatic heterocycles. The minimum atomic E-state index is 0.655. The first-order valence-corrected chi connectivity index (χ1v) is 10.7. The lowest BCUT2D eigenvalue weighted by Crippen LogP contribution is -2.02. The number of aryl methyl sites for hydroxylation is 1. The highest BCUT2D eigenvalue weighted by atomic mass is 32.2. The summed E-state index contributed by atoms with van der Waals surface area (Å²) in [6.45, 7) is 3.47. The fraction of sp³-hybridized carbons (Fsp3) is 0.273.